The van der Waals surface area contributed by atoms with Crippen LogP contribution in [0, 0.1) is 11.8 Å². The Bertz CT molecular complexity index is 1500. The van der Waals surface area contributed by atoms with E-state index in [4.69, 9.17) is 28.2 Å². The summed E-state index contributed by atoms with van der Waals surface area (Å²) in [6, 6.07) is 9.10. The standard InChI is InChI=1S/C31H39N5O3/c1-31(2,39-29-9-4-5-16-37-29)13-10-23-7-6-8-24(17-23)22-38-28-18-25(19-33-30(28)32)26-20-34-36(21-26)27-11-14-35(3)15-12-27/h6-8,17-21,27,29H,4-5,9,11-12,14-16,22H2,1-3H3,(H2,32,33)/i1D3,2D3. The van der Waals surface area contributed by atoms with Crippen molar-refractivity contribution in [3.05, 3.63) is 60.0 Å². The van der Waals surface area contributed by atoms with Gasteiger partial charge in [-0.25, -0.2) is 4.98 Å². The van der Waals surface area contributed by atoms with Gasteiger partial charge in [0.25, 0.3) is 0 Å². The number of nitrogens with two attached hydrogens (primary N) is 1. The van der Waals surface area contributed by atoms with Crippen LogP contribution < -0.4 is 10.5 Å². The molecule has 0 bridgehead atoms. The molecule has 2 aliphatic rings. The van der Waals surface area contributed by atoms with Gasteiger partial charge in [-0.05, 0) is 89.7 Å². The summed E-state index contributed by atoms with van der Waals surface area (Å²) in [4.78, 5) is 6.64. The van der Waals surface area contributed by atoms with E-state index in [0.717, 1.165) is 49.9 Å². The van der Waals surface area contributed by atoms with Crippen molar-refractivity contribution in [1.29, 1.82) is 0 Å². The first-order valence-electron chi connectivity index (χ1n) is 16.4. The second kappa shape index (κ2) is 12.2. The number of anilines is 1. The summed E-state index contributed by atoms with van der Waals surface area (Å²) in [5, 5.41) is 4.59. The van der Waals surface area contributed by atoms with Crippen molar-refractivity contribution in [2.45, 2.75) is 70.3 Å². The van der Waals surface area contributed by atoms with Gasteiger partial charge in [-0.2, -0.15) is 5.10 Å². The number of likely N-dealkylation sites (tertiary alicyclic amines) is 1. The molecule has 0 amide bonds. The summed E-state index contributed by atoms with van der Waals surface area (Å²) >= 11 is 0. The van der Waals surface area contributed by atoms with E-state index in [0.29, 0.717) is 35.9 Å². The lowest BCUT2D eigenvalue weighted by Gasteiger charge is -2.29. The van der Waals surface area contributed by atoms with Crippen LogP contribution in [0.15, 0.2) is 48.9 Å². The topological polar surface area (TPSA) is 87.7 Å². The molecule has 5 rings (SSSR count). The molecule has 3 aromatic rings. The summed E-state index contributed by atoms with van der Waals surface area (Å²) in [5.41, 5.74) is 6.27. The van der Waals surface area contributed by atoms with Gasteiger partial charge in [0.05, 0.1) is 12.2 Å². The van der Waals surface area contributed by atoms with Crippen LogP contribution in [0.25, 0.3) is 11.1 Å². The molecule has 2 N–H and O–H groups in total. The first-order valence-corrected chi connectivity index (χ1v) is 13.4. The maximum absolute atomic E-state index is 8.09. The van der Waals surface area contributed by atoms with Crippen molar-refractivity contribution >= 4 is 5.82 Å². The van der Waals surface area contributed by atoms with Crippen LogP contribution in [0.3, 0.4) is 0 Å². The molecular weight excluding hydrogens is 490 g/mol. The van der Waals surface area contributed by atoms with E-state index in [-0.39, 0.29) is 12.4 Å². The number of ether oxygens (including phenoxy) is 3. The third kappa shape index (κ3) is 7.39. The third-order valence-electron chi connectivity index (χ3n) is 7.03. The smallest absolute Gasteiger partial charge is 0.166 e. The molecule has 4 heterocycles. The molecule has 2 fully saturated rings. The number of rotatable bonds is 7. The molecule has 8 nitrogen and oxygen atoms in total. The molecule has 0 radical (unpaired) electrons. The number of hydrogen-bond acceptors (Lipinski definition) is 7. The normalized spacial score (nSPS) is 21.8. The quantitative estimate of drug-likeness (QED) is 0.424. The molecule has 2 aromatic heterocycles. The molecule has 2 saturated heterocycles. The third-order valence-corrected chi connectivity index (χ3v) is 7.03. The molecule has 0 spiro atoms. The van der Waals surface area contributed by atoms with Gasteiger partial charge in [0.1, 0.15) is 12.2 Å². The monoisotopic (exact) mass is 535 g/mol. The zero-order chi connectivity index (χ0) is 32.2. The minimum absolute atomic E-state index is 0.121. The fourth-order valence-corrected chi connectivity index (χ4v) is 4.77. The van der Waals surface area contributed by atoms with Crippen LogP contribution >= 0.6 is 0 Å². The molecule has 2 aliphatic heterocycles. The predicted octanol–water partition coefficient (Wildman–Crippen LogP) is 5.05. The summed E-state index contributed by atoms with van der Waals surface area (Å²) in [6.45, 7) is -3.56. The summed E-state index contributed by atoms with van der Waals surface area (Å²) in [7, 11) is 2.13. The molecule has 39 heavy (non-hydrogen) atoms. The number of pyridine rings is 1. The Morgan fingerprint density at radius 2 is 2.03 bits per heavy atom. The molecule has 0 saturated carbocycles. The van der Waals surface area contributed by atoms with Crippen LogP contribution in [-0.2, 0) is 16.1 Å². The Morgan fingerprint density at radius 3 is 2.82 bits per heavy atom. The number of hydrogen-bond donors (Lipinski definition) is 1. The zero-order valence-electron chi connectivity index (χ0n) is 28.2. The number of piperidine rings is 1. The number of aromatic nitrogens is 3. The highest BCUT2D eigenvalue weighted by atomic mass is 16.7. The number of nitrogen functional groups attached to an aromatic ring is 1. The van der Waals surface area contributed by atoms with E-state index in [1.54, 1.807) is 24.4 Å². The average Bonchev–Trinajstić information content (AvgIpc) is 3.49. The molecule has 1 aromatic carbocycles. The lowest BCUT2D eigenvalue weighted by atomic mass is 10.1. The molecule has 0 aliphatic carbocycles. The van der Waals surface area contributed by atoms with Crippen LogP contribution in [0.5, 0.6) is 5.75 Å². The van der Waals surface area contributed by atoms with Crippen molar-refractivity contribution in [1.82, 2.24) is 19.7 Å². The zero-order valence-corrected chi connectivity index (χ0v) is 22.2. The Labute approximate surface area is 239 Å². The summed E-state index contributed by atoms with van der Waals surface area (Å²) in [6.07, 6.45) is 8.59. The largest absolute Gasteiger partial charge is 0.485 e. The van der Waals surface area contributed by atoms with E-state index in [9.17, 15) is 0 Å². The van der Waals surface area contributed by atoms with E-state index >= 15 is 0 Å². The van der Waals surface area contributed by atoms with Gasteiger partial charge >= 0.3 is 0 Å². The van der Waals surface area contributed by atoms with E-state index < -0.39 is 25.6 Å². The van der Waals surface area contributed by atoms with Crippen molar-refractivity contribution < 1.29 is 22.4 Å². The SMILES string of the molecule is [2H]C([2H])([2H])C(C#Cc1cccc(COc2cc(-c3cnn(C4CCN(C)CC4)c3)cnc2N)c1)(OC1CCCCO1)C([2H])([2H])[2H]. The van der Waals surface area contributed by atoms with Gasteiger partial charge in [0.15, 0.2) is 17.9 Å². The van der Waals surface area contributed by atoms with E-state index in [1.165, 1.54) is 0 Å². The Kier molecular flexibility index (Phi) is 6.42. The van der Waals surface area contributed by atoms with E-state index in [1.807, 2.05) is 29.2 Å². The minimum atomic E-state index is -3.06. The van der Waals surface area contributed by atoms with Crippen molar-refractivity contribution in [3.63, 3.8) is 0 Å². The van der Waals surface area contributed by atoms with Crippen LogP contribution in [-0.4, -0.2) is 58.3 Å². The maximum atomic E-state index is 8.09. The maximum Gasteiger partial charge on any atom is 0.166 e. The highest BCUT2D eigenvalue weighted by Crippen LogP contribution is 2.29. The molecule has 206 valence electrons. The second-order valence-corrected chi connectivity index (χ2v) is 10.2. The molecule has 1 unspecified atom stereocenters. The van der Waals surface area contributed by atoms with Gasteiger partial charge in [0.2, 0.25) is 0 Å². The Morgan fingerprint density at radius 1 is 1.15 bits per heavy atom. The molecule has 1 atom stereocenters. The highest BCUT2D eigenvalue weighted by Gasteiger charge is 2.24. The number of benzene rings is 1. The minimum Gasteiger partial charge on any atom is -0.485 e. The lowest BCUT2D eigenvalue weighted by molar-refractivity contribution is -0.199. The van der Waals surface area contributed by atoms with Crippen LogP contribution in [0.4, 0.5) is 5.82 Å². The van der Waals surface area contributed by atoms with Crippen molar-refractivity contribution in [2.75, 3.05) is 32.5 Å². The first-order chi connectivity index (χ1) is 21.3. The summed E-state index contributed by atoms with van der Waals surface area (Å²) < 4.78 is 67.8. The fourth-order valence-electron chi connectivity index (χ4n) is 4.77. The van der Waals surface area contributed by atoms with Gasteiger partial charge in [-0.1, -0.05) is 24.0 Å². The Hall–Kier alpha value is -3.38. The average molecular weight is 536 g/mol. The predicted molar refractivity (Wildman–Crippen MR) is 152 cm³/mol. The van der Waals surface area contributed by atoms with Gasteiger partial charge in [0, 0.05) is 43.9 Å². The molecular formula is C31H39N5O3. The number of nitrogens with zero attached hydrogens (tertiary/aromatic N) is 4. The van der Waals surface area contributed by atoms with Crippen molar-refractivity contribution in [2.24, 2.45) is 0 Å². The summed E-state index contributed by atoms with van der Waals surface area (Å²) in [5.74, 6) is 5.87. The highest BCUT2D eigenvalue weighted by molar-refractivity contribution is 5.65. The van der Waals surface area contributed by atoms with Crippen molar-refractivity contribution in [3.8, 4) is 28.7 Å². The van der Waals surface area contributed by atoms with Crippen LogP contribution in [0.2, 0.25) is 0 Å². The lowest BCUT2D eigenvalue weighted by Crippen LogP contribution is -2.33. The first kappa shape index (κ1) is 20.5. The van der Waals surface area contributed by atoms with Crippen LogP contribution in [0.1, 0.15) is 71.2 Å². The fraction of sp³-hybridized carbons (Fsp3) is 0.484. The molecule has 8 heteroatoms. The van der Waals surface area contributed by atoms with Gasteiger partial charge in [-0.15, -0.1) is 0 Å². The second-order valence-electron chi connectivity index (χ2n) is 10.2. The van der Waals surface area contributed by atoms with Gasteiger partial charge < -0.3 is 24.8 Å². The van der Waals surface area contributed by atoms with Gasteiger partial charge in [-0.3, -0.25) is 4.68 Å². The Balaban J connectivity index is 1.32. The van der Waals surface area contributed by atoms with E-state index in [2.05, 4.69) is 33.9 Å².